The number of primary amides is 1. The molecule has 10 heteroatoms. The summed E-state index contributed by atoms with van der Waals surface area (Å²) in [6, 6.07) is -1.03. The van der Waals surface area contributed by atoms with Gasteiger partial charge in [0.25, 0.3) is 0 Å². The third-order valence-corrected chi connectivity index (χ3v) is 5.00. The Balaban J connectivity index is 2.42. The van der Waals surface area contributed by atoms with E-state index < -0.39 is 22.0 Å². The van der Waals surface area contributed by atoms with Gasteiger partial charge in [-0.15, -0.1) is 0 Å². The lowest BCUT2D eigenvalue weighted by atomic mass is 10.3. The number of anilines is 1. The van der Waals surface area contributed by atoms with Gasteiger partial charge in [-0.25, -0.2) is 8.42 Å². The predicted molar refractivity (Wildman–Crippen MR) is 70.0 cm³/mol. The molecule has 2 heterocycles. The van der Waals surface area contributed by atoms with Crippen molar-refractivity contribution >= 4 is 21.7 Å². The topological polar surface area (TPSA) is 134 Å². The van der Waals surface area contributed by atoms with Gasteiger partial charge in [0, 0.05) is 19.3 Å². The van der Waals surface area contributed by atoms with Crippen molar-refractivity contribution in [1.29, 1.82) is 0 Å². The molecule has 2 rings (SSSR count). The molecule has 1 amide bonds. The van der Waals surface area contributed by atoms with E-state index in [2.05, 4.69) is 5.10 Å². The molecule has 9 nitrogen and oxygen atoms in total. The van der Waals surface area contributed by atoms with Crippen molar-refractivity contribution in [3.63, 3.8) is 0 Å². The van der Waals surface area contributed by atoms with Crippen LogP contribution in [0.1, 0.15) is 6.92 Å². The number of carbonyl (C=O) groups is 1. The molecular weight excluding hydrogens is 286 g/mol. The number of carbonyl (C=O) groups excluding carboxylic acids is 1. The largest absolute Gasteiger partial charge is 0.381 e. The molecule has 0 radical (unpaired) electrons. The fourth-order valence-electron chi connectivity index (χ4n) is 2.01. The minimum Gasteiger partial charge on any atom is -0.381 e. The molecule has 1 aliphatic rings. The maximum absolute atomic E-state index is 12.6. The van der Waals surface area contributed by atoms with Crippen molar-refractivity contribution in [2.24, 2.45) is 5.73 Å². The monoisotopic (exact) mass is 303 g/mol. The summed E-state index contributed by atoms with van der Waals surface area (Å²) in [5.41, 5.74) is 10.9. The minimum absolute atomic E-state index is 0.0483. The fraction of sp³-hybridized carbons (Fsp3) is 0.600. The molecule has 1 fully saturated rings. The number of nitrogen functional groups attached to an aromatic ring is 1. The smallest absolute Gasteiger partial charge is 0.249 e. The van der Waals surface area contributed by atoms with E-state index in [0.717, 1.165) is 4.31 Å². The van der Waals surface area contributed by atoms with Crippen LogP contribution < -0.4 is 11.5 Å². The number of morpholine rings is 1. The minimum atomic E-state index is -3.93. The molecule has 1 atom stereocenters. The maximum Gasteiger partial charge on any atom is 0.249 e. The summed E-state index contributed by atoms with van der Waals surface area (Å²) < 4.78 is 32.7. The van der Waals surface area contributed by atoms with Crippen molar-refractivity contribution in [2.45, 2.75) is 24.4 Å². The van der Waals surface area contributed by atoms with E-state index in [1.807, 2.05) is 6.92 Å². The Morgan fingerprint density at radius 2 is 2.30 bits per heavy atom. The third-order valence-electron chi connectivity index (χ3n) is 3.07. The van der Waals surface area contributed by atoms with Crippen LogP contribution in [0.3, 0.4) is 0 Å². The molecular formula is C10H17N5O4S. The maximum atomic E-state index is 12.6. The van der Waals surface area contributed by atoms with E-state index >= 15 is 0 Å². The molecule has 1 unspecified atom stereocenters. The van der Waals surface area contributed by atoms with E-state index in [1.165, 1.54) is 10.9 Å². The van der Waals surface area contributed by atoms with Crippen LogP contribution in [0.15, 0.2) is 11.1 Å². The number of amides is 1. The highest BCUT2D eigenvalue weighted by atomic mass is 32.2. The Kier molecular flexibility index (Phi) is 3.97. The van der Waals surface area contributed by atoms with Crippen LogP contribution in [0.25, 0.3) is 0 Å². The average Bonchev–Trinajstić information content (AvgIpc) is 2.80. The quantitative estimate of drug-likeness (QED) is 0.685. The second-order valence-corrected chi connectivity index (χ2v) is 6.20. The molecule has 0 aliphatic carbocycles. The van der Waals surface area contributed by atoms with E-state index in [4.69, 9.17) is 16.2 Å². The van der Waals surface area contributed by atoms with Crippen LogP contribution in [-0.2, 0) is 26.1 Å². The Labute approximate surface area is 116 Å². The van der Waals surface area contributed by atoms with E-state index in [1.54, 1.807) is 0 Å². The van der Waals surface area contributed by atoms with Gasteiger partial charge in [0.05, 0.1) is 13.2 Å². The highest BCUT2D eigenvalue weighted by Crippen LogP contribution is 2.24. The molecule has 1 saturated heterocycles. The lowest BCUT2D eigenvalue weighted by Crippen LogP contribution is -2.54. The Bertz CT molecular complexity index is 611. The van der Waals surface area contributed by atoms with Crippen molar-refractivity contribution in [3.8, 4) is 0 Å². The van der Waals surface area contributed by atoms with Crippen LogP contribution >= 0.6 is 0 Å². The number of hydrogen-bond acceptors (Lipinski definition) is 6. The second kappa shape index (κ2) is 5.38. The highest BCUT2D eigenvalue weighted by Gasteiger charge is 2.39. The molecule has 0 bridgehead atoms. The molecule has 1 aliphatic heterocycles. The zero-order valence-corrected chi connectivity index (χ0v) is 11.8. The van der Waals surface area contributed by atoms with Crippen LogP contribution in [0.2, 0.25) is 0 Å². The summed E-state index contributed by atoms with van der Waals surface area (Å²) in [6.45, 7) is 2.49. The van der Waals surface area contributed by atoms with Crippen LogP contribution in [-0.4, -0.2) is 54.2 Å². The normalized spacial score (nSPS) is 20.9. The first-order chi connectivity index (χ1) is 9.37. The SMILES string of the molecule is CCn1cc(S(=O)(=O)N2CCOCC2C(N)=O)c(N)n1. The van der Waals surface area contributed by atoms with Crippen LogP contribution in [0.4, 0.5) is 5.82 Å². The lowest BCUT2D eigenvalue weighted by Gasteiger charge is -2.32. The first-order valence-corrected chi connectivity index (χ1v) is 7.53. The fourth-order valence-corrected chi connectivity index (χ4v) is 3.63. The van der Waals surface area contributed by atoms with Gasteiger partial charge in [0.15, 0.2) is 5.82 Å². The van der Waals surface area contributed by atoms with Gasteiger partial charge < -0.3 is 16.2 Å². The van der Waals surface area contributed by atoms with Gasteiger partial charge in [-0.1, -0.05) is 0 Å². The van der Waals surface area contributed by atoms with Crippen LogP contribution in [0.5, 0.6) is 0 Å². The summed E-state index contributed by atoms with van der Waals surface area (Å²) in [5, 5.41) is 3.90. The number of aryl methyl sites for hydroxylation is 1. The van der Waals surface area contributed by atoms with E-state index in [-0.39, 0.29) is 30.5 Å². The second-order valence-electron chi connectivity index (χ2n) is 4.34. The predicted octanol–water partition coefficient (Wildman–Crippen LogP) is -1.64. The number of nitrogens with two attached hydrogens (primary N) is 2. The van der Waals surface area contributed by atoms with Gasteiger partial charge in [0.2, 0.25) is 15.9 Å². The molecule has 1 aromatic heterocycles. The number of nitrogens with zero attached hydrogens (tertiary/aromatic N) is 3. The van der Waals surface area contributed by atoms with Crippen molar-refractivity contribution in [3.05, 3.63) is 6.20 Å². The van der Waals surface area contributed by atoms with E-state index in [0.29, 0.717) is 6.54 Å². The van der Waals surface area contributed by atoms with Gasteiger partial charge in [-0.2, -0.15) is 9.40 Å². The molecule has 1 aromatic rings. The van der Waals surface area contributed by atoms with E-state index in [9.17, 15) is 13.2 Å². The summed E-state index contributed by atoms with van der Waals surface area (Å²) in [5.74, 6) is -0.851. The summed E-state index contributed by atoms with van der Waals surface area (Å²) in [4.78, 5) is 11.3. The first-order valence-electron chi connectivity index (χ1n) is 6.09. The van der Waals surface area contributed by atoms with Crippen molar-refractivity contribution < 1.29 is 17.9 Å². The highest BCUT2D eigenvalue weighted by molar-refractivity contribution is 7.89. The number of hydrogen-bond donors (Lipinski definition) is 2. The number of rotatable bonds is 4. The van der Waals surface area contributed by atoms with Crippen molar-refractivity contribution in [2.75, 3.05) is 25.5 Å². The molecule has 0 aromatic carbocycles. The van der Waals surface area contributed by atoms with Gasteiger partial charge in [-0.05, 0) is 6.92 Å². The average molecular weight is 303 g/mol. The van der Waals surface area contributed by atoms with Crippen LogP contribution in [0, 0.1) is 0 Å². The summed E-state index contributed by atoms with van der Waals surface area (Å²) in [6.07, 6.45) is 1.35. The lowest BCUT2D eigenvalue weighted by molar-refractivity contribution is -0.125. The van der Waals surface area contributed by atoms with Crippen molar-refractivity contribution in [1.82, 2.24) is 14.1 Å². The number of sulfonamides is 1. The summed E-state index contributed by atoms with van der Waals surface area (Å²) >= 11 is 0. The van der Waals surface area contributed by atoms with Gasteiger partial charge in [0.1, 0.15) is 10.9 Å². The van der Waals surface area contributed by atoms with Gasteiger partial charge >= 0.3 is 0 Å². The Morgan fingerprint density at radius 3 is 2.85 bits per heavy atom. The summed E-state index contributed by atoms with van der Waals surface area (Å²) in [7, 11) is -3.93. The first kappa shape index (κ1) is 14.8. The number of ether oxygens (including phenoxy) is 1. The molecule has 0 spiro atoms. The molecule has 20 heavy (non-hydrogen) atoms. The van der Waals surface area contributed by atoms with Gasteiger partial charge in [-0.3, -0.25) is 9.48 Å². The zero-order valence-electron chi connectivity index (χ0n) is 11.0. The molecule has 4 N–H and O–H groups in total. The Hall–Kier alpha value is -1.65. The zero-order chi connectivity index (χ0) is 14.9. The Morgan fingerprint density at radius 1 is 1.60 bits per heavy atom. The third kappa shape index (κ3) is 2.49. The number of aromatic nitrogens is 2. The molecule has 112 valence electrons. The molecule has 0 saturated carbocycles. The standard InChI is InChI=1S/C10H17N5O4S/c1-2-14-5-8(9(11)13-14)20(17,18)15-3-4-19-6-7(15)10(12)16/h5,7H,2-4,6H2,1H3,(H2,11,13)(H2,12,16).